The van der Waals surface area contributed by atoms with Crippen LogP contribution < -0.4 is 24.8 Å². The van der Waals surface area contributed by atoms with Crippen molar-refractivity contribution >= 4 is 33.6 Å². The van der Waals surface area contributed by atoms with Crippen LogP contribution in [0, 0.1) is 0 Å². The molecule has 1 aliphatic heterocycles. The first-order valence-electron chi connectivity index (χ1n) is 7.49. The third kappa shape index (κ3) is 4.63. The summed E-state index contributed by atoms with van der Waals surface area (Å²) in [6, 6.07) is 11.5. The monoisotopic (exact) mass is 406 g/mol. The zero-order valence-electron chi connectivity index (χ0n) is 13.1. The molecule has 2 N–H and O–H groups in total. The van der Waals surface area contributed by atoms with Crippen molar-refractivity contribution in [1.82, 2.24) is 5.32 Å². The van der Waals surface area contributed by atoms with Crippen LogP contribution in [0.2, 0.25) is 0 Å². The van der Waals surface area contributed by atoms with Crippen LogP contribution in [0.5, 0.6) is 17.2 Å². The van der Waals surface area contributed by atoms with Crippen LogP contribution in [0.1, 0.15) is 0 Å². The van der Waals surface area contributed by atoms with Crippen molar-refractivity contribution in [2.24, 2.45) is 0 Å². The predicted octanol–water partition coefficient (Wildman–Crippen LogP) is 2.95. The maximum absolute atomic E-state index is 11.9. The van der Waals surface area contributed by atoms with Gasteiger partial charge in [0.05, 0.1) is 4.47 Å². The lowest BCUT2D eigenvalue weighted by atomic mass is 10.2. The Labute approximate surface area is 152 Å². The highest BCUT2D eigenvalue weighted by molar-refractivity contribution is 9.10. The molecule has 0 aliphatic carbocycles. The predicted molar refractivity (Wildman–Crippen MR) is 94.2 cm³/mol. The van der Waals surface area contributed by atoms with Crippen molar-refractivity contribution in [2.75, 3.05) is 25.1 Å². The first-order valence-corrected chi connectivity index (χ1v) is 8.29. The summed E-state index contributed by atoms with van der Waals surface area (Å²) in [5.41, 5.74) is 0.487. The van der Waals surface area contributed by atoms with Gasteiger partial charge in [0, 0.05) is 11.8 Å². The third-order valence-electron chi connectivity index (χ3n) is 3.25. The lowest BCUT2D eigenvalue weighted by molar-refractivity contribution is -0.121. The summed E-state index contributed by atoms with van der Waals surface area (Å²) >= 11 is 3.31. The maximum Gasteiger partial charge on any atom is 0.325 e. The molecule has 0 aromatic heterocycles. The van der Waals surface area contributed by atoms with Gasteiger partial charge in [-0.2, -0.15) is 0 Å². The minimum atomic E-state index is -0.655. The zero-order valence-corrected chi connectivity index (χ0v) is 14.7. The molecule has 8 heteroatoms. The van der Waals surface area contributed by atoms with Crippen molar-refractivity contribution in [3.63, 3.8) is 0 Å². The summed E-state index contributed by atoms with van der Waals surface area (Å²) in [6.45, 7) is 0.664. The second-order valence-electron chi connectivity index (χ2n) is 5.08. The number of rotatable bonds is 4. The molecule has 7 nitrogen and oxygen atoms in total. The van der Waals surface area contributed by atoms with Gasteiger partial charge in [0.1, 0.15) is 19.0 Å². The van der Waals surface area contributed by atoms with Gasteiger partial charge in [0.2, 0.25) is 0 Å². The number of fused-ring (bicyclic) bond motifs is 1. The fourth-order valence-electron chi connectivity index (χ4n) is 2.15. The second-order valence-corrected chi connectivity index (χ2v) is 5.93. The molecule has 0 atom stereocenters. The summed E-state index contributed by atoms with van der Waals surface area (Å²) in [6.07, 6.45) is 0. The molecule has 130 valence electrons. The van der Waals surface area contributed by atoms with E-state index in [0.29, 0.717) is 36.1 Å². The van der Waals surface area contributed by atoms with E-state index in [-0.39, 0.29) is 6.61 Å². The molecule has 0 saturated carbocycles. The highest BCUT2D eigenvalue weighted by Crippen LogP contribution is 2.32. The third-order valence-corrected chi connectivity index (χ3v) is 3.90. The Balaban J connectivity index is 1.50. The molecule has 2 aromatic carbocycles. The van der Waals surface area contributed by atoms with Crippen LogP contribution in [0.4, 0.5) is 10.5 Å². The Bertz CT molecular complexity index is 796. The lowest BCUT2D eigenvalue weighted by Crippen LogP contribution is -2.37. The number of anilines is 1. The fourth-order valence-corrected chi connectivity index (χ4v) is 2.55. The molecule has 0 radical (unpaired) electrons. The quantitative estimate of drug-likeness (QED) is 0.814. The Hall–Kier alpha value is -2.74. The van der Waals surface area contributed by atoms with Crippen LogP contribution >= 0.6 is 15.9 Å². The molecule has 0 bridgehead atoms. The fraction of sp³-hybridized carbons (Fsp3) is 0.176. The Morgan fingerprint density at radius 2 is 1.84 bits per heavy atom. The van der Waals surface area contributed by atoms with Gasteiger partial charge in [-0.15, -0.1) is 0 Å². The number of benzene rings is 2. The maximum atomic E-state index is 11.9. The molecule has 3 amide bonds. The highest BCUT2D eigenvalue weighted by atomic mass is 79.9. The summed E-state index contributed by atoms with van der Waals surface area (Å²) < 4.78 is 16.9. The van der Waals surface area contributed by atoms with Crippen molar-refractivity contribution in [3.05, 3.63) is 46.9 Å². The lowest BCUT2D eigenvalue weighted by Gasteiger charge is -2.19. The van der Waals surface area contributed by atoms with E-state index < -0.39 is 11.9 Å². The Morgan fingerprint density at radius 1 is 1.08 bits per heavy atom. The Morgan fingerprint density at radius 3 is 2.64 bits per heavy atom. The normalized spacial score (nSPS) is 12.2. The van der Waals surface area contributed by atoms with Gasteiger partial charge in [-0.25, -0.2) is 4.79 Å². The van der Waals surface area contributed by atoms with Crippen LogP contribution in [-0.4, -0.2) is 31.8 Å². The summed E-state index contributed by atoms with van der Waals surface area (Å²) in [5, 5.41) is 4.76. The number of urea groups is 1. The van der Waals surface area contributed by atoms with Gasteiger partial charge in [-0.1, -0.05) is 12.1 Å². The van der Waals surface area contributed by atoms with Crippen molar-refractivity contribution in [3.8, 4) is 17.2 Å². The van der Waals surface area contributed by atoms with Crippen LogP contribution in [0.25, 0.3) is 0 Å². The molecule has 1 heterocycles. The largest absolute Gasteiger partial charge is 0.486 e. The average Bonchev–Trinajstić information content (AvgIpc) is 2.61. The molecular weight excluding hydrogens is 392 g/mol. The van der Waals surface area contributed by atoms with Crippen molar-refractivity contribution in [1.29, 1.82) is 0 Å². The number of hydrogen-bond acceptors (Lipinski definition) is 5. The number of amides is 3. The van der Waals surface area contributed by atoms with Gasteiger partial charge in [0.15, 0.2) is 18.1 Å². The molecule has 0 spiro atoms. The number of ether oxygens (including phenoxy) is 3. The minimum absolute atomic E-state index is 0.281. The molecule has 0 fully saturated rings. The number of hydrogen-bond donors (Lipinski definition) is 2. The van der Waals surface area contributed by atoms with Gasteiger partial charge in [0.25, 0.3) is 5.91 Å². The van der Waals surface area contributed by atoms with Gasteiger partial charge in [-0.05, 0) is 40.2 Å². The van der Waals surface area contributed by atoms with E-state index in [0.717, 1.165) is 4.47 Å². The molecular formula is C17H15BrN2O5. The van der Waals surface area contributed by atoms with E-state index in [1.807, 2.05) is 6.07 Å². The smallest absolute Gasteiger partial charge is 0.325 e. The topological polar surface area (TPSA) is 85.9 Å². The first-order chi connectivity index (χ1) is 12.1. The number of para-hydroxylation sites is 1. The number of imide groups is 1. The molecule has 0 unspecified atom stereocenters. The number of halogens is 1. The van der Waals surface area contributed by atoms with Gasteiger partial charge < -0.3 is 19.5 Å². The van der Waals surface area contributed by atoms with E-state index in [1.165, 1.54) is 0 Å². The van der Waals surface area contributed by atoms with E-state index in [4.69, 9.17) is 14.2 Å². The number of carbonyl (C=O) groups excluding carboxylic acids is 2. The average molecular weight is 407 g/mol. The molecule has 25 heavy (non-hydrogen) atoms. The molecule has 0 saturated heterocycles. The van der Waals surface area contributed by atoms with Crippen LogP contribution in [0.3, 0.4) is 0 Å². The number of nitrogens with one attached hydrogen (secondary N) is 2. The Kier molecular flexibility index (Phi) is 5.39. The second kappa shape index (κ2) is 7.89. The van der Waals surface area contributed by atoms with Crippen LogP contribution in [-0.2, 0) is 4.79 Å². The van der Waals surface area contributed by atoms with Crippen molar-refractivity contribution < 1.29 is 23.8 Å². The van der Waals surface area contributed by atoms with Crippen molar-refractivity contribution in [2.45, 2.75) is 0 Å². The zero-order chi connectivity index (χ0) is 17.6. The highest BCUT2D eigenvalue weighted by Gasteiger charge is 2.14. The first kappa shape index (κ1) is 17.1. The minimum Gasteiger partial charge on any atom is -0.486 e. The van der Waals surface area contributed by atoms with Crippen LogP contribution in [0.15, 0.2) is 46.9 Å². The summed E-state index contributed by atoms with van der Waals surface area (Å²) in [7, 11) is 0. The molecule has 2 aromatic rings. The number of carbonyl (C=O) groups is 2. The van der Waals surface area contributed by atoms with Gasteiger partial charge >= 0.3 is 6.03 Å². The summed E-state index contributed by atoms with van der Waals surface area (Å²) in [4.78, 5) is 23.7. The van der Waals surface area contributed by atoms with E-state index in [1.54, 1.807) is 36.4 Å². The molecule has 1 aliphatic rings. The van der Waals surface area contributed by atoms with E-state index in [9.17, 15) is 9.59 Å². The van der Waals surface area contributed by atoms with E-state index in [2.05, 4.69) is 26.6 Å². The standard InChI is InChI=1S/C17H15BrN2O5/c18-12-3-1-2-4-13(12)25-10-16(21)20-17(22)19-11-5-6-14-15(9-11)24-8-7-23-14/h1-6,9H,7-8,10H2,(H2,19,20,21,22). The molecule has 3 rings (SSSR count). The summed E-state index contributed by atoms with van der Waals surface area (Å²) in [5.74, 6) is 1.12. The SMILES string of the molecule is O=C(COc1ccccc1Br)NC(=O)Nc1ccc2c(c1)OCCO2. The van der Waals surface area contributed by atoms with Gasteiger partial charge in [-0.3, -0.25) is 10.1 Å². The van der Waals surface area contributed by atoms with E-state index >= 15 is 0 Å².